The SMILES string of the molecule is COc1nc(N2CCC(N3CCN(C)CC3)CC2)c(Nc2ccccc2)cc1C. The van der Waals surface area contributed by atoms with Gasteiger partial charge in [-0.25, -0.2) is 0 Å². The van der Waals surface area contributed by atoms with E-state index in [1.165, 1.54) is 39.0 Å². The Morgan fingerprint density at radius 3 is 2.34 bits per heavy atom. The van der Waals surface area contributed by atoms with Gasteiger partial charge in [-0.05, 0) is 45.0 Å². The number of aromatic nitrogens is 1. The minimum absolute atomic E-state index is 0.692. The van der Waals surface area contributed by atoms with E-state index in [0.717, 1.165) is 35.8 Å². The van der Waals surface area contributed by atoms with Crippen LogP contribution in [0.3, 0.4) is 0 Å². The molecule has 2 aromatic rings. The summed E-state index contributed by atoms with van der Waals surface area (Å²) >= 11 is 0. The van der Waals surface area contributed by atoms with Gasteiger partial charge >= 0.3 is 0 Å². The van der Waals surface area contributed by atoms with Crippen LogP contribution in [-0.4, -0.2) is 74.3 Å². The standard InChI is InChI=1S/C23H33N5O/c1-18-17-21(24-19-7-5-4-6-8-19)22(25-23(18)29-3)28-11-9-20(10-12-28)27-15-13-26(2)14-16-27/h4-8,17,20,24H,9-16H2,1-3H3. The molecule has 4 rings (SSSR count). The molecule has 1 aromatic heterocycles. The van der Waals surface area contributed by atoms with Crippen LogP contribution in [0, 0.1) is 6.92 Å². The minimum atomic E-state index is 0.692. The second-order valence-corrected chi connectivity index (χ2v) is 8.23. The lowest BCUT2D eigenvalue weighted by Gasteiger charge is -2.42. The van der Waals surface area contributed by atoms with E-state index >= 15 is 0 Å². The Hall–Kier alpha value is -2.31. The van der Waals surface area contributed by atoms with Gasteiger partial charge in [0.1, 0.15) is 0 Å². The van der Waals surface area contributed by atoms with Crippen molar-refractivity contribution in [2.75, 3.05) is 63.6 Å². The van der Waals surface area contributed by atoms with Crippen molar-refractivity contribution in [2.24, 2.45) is 0 Å². The van der Waals surface area contributed by atoms with Crippen LogP contribution >= 0.6 is 0 Å². The second kappa shape index (κ2) is 9.01. The minimum Gasteiger partial charge on any atom is -0.481 e. The molecule has 6 nitrogen and oxygen atoms in total. The number of methoxy groups -OCH3 is 1. The van der Waals surface area contributed by atoms with Crippen molar-refractivity contribution in [1.29, 1.82) is 0 Å². The fourth-order valence-electron chi connectivity index (χ4n) is 4.43. The van der Waals surface area contributed by atoms with Gasteiger partial charge in [0, 0.05) is 56.6 Å². The molecule has 6 heteroatoms. The molecule has 156 valence electrons. The smallest absolute Gasteiger partial charge is 0.218 e. The second-order valence-electron chi connectivity index (χ2n) is 8.23. The Bertz CT molecular complexity index is 796. The highest BCUT2D eigenvalue weighted by Crippen LogP contribution is 2.34. The summed E-state index contributed by atoms with van der Waals surface area (Å²) in [6.45, 7) is 8.85. The van der Waals surface area contributed by atoms with Gasteiger partial charge in [0.05, 0.1) is 12.8 Å². The van der Waals surface area contributed by atoms with E-state index in [-0.39, 0.29) is 0 Å². The zero-order chi connectivity index (χ0) is 20.2. The lowest BCUT2D eigenvalue weighted by Crippen LogP contribution is -2.52. The molecule has 2 aliphatic heterocycles. The van der Waals surface area contributed by atoms with Crippen LogP contribution in [0.5, 0.6) is 5.88 Å². The third-order valence-electron chi connectivity index (χ3n) is 6.21. The first-order valence-corrected chi connectivity index (χ1v) is 10.7. The number of aryl methyl sites for hydroxylation is 1. The van der Waals surface area contributed by atoms with E-state index in [1.807, 2.05) is 25.1 Å². The average Bonchev–Trinajstić information content (AvgIpc) is 2.75. The van der Waals surface area contributed by atoms with E-state index in [2.05, 4.69) is 45.3 Å². The Kier molecular flexibility index (Phi) is 6.21. The van der Waals surface area contributed by atoms with Gasteiger partial charge in [0.25, 0.3) is 0 Å². The van der Waals surface area contributed by atoms with E-state index in [0.29, 0.717) is 11.9 Å². The lowest BCUT2D eigenvalue weighted by atomic mass is 10.0. The summed E-state index contributed by atoms with van der Waals surface area (Å²) in [6.07, 6.45) is 2.37. The molecule has 2 aliphatic rings. The third-order valence-corrected chi connectivity index (χ3v) is 6.21. The fraction of sp³-hybridized carbons (Fsp3) is 0.522. The first-order valence-electron chi connectivity index (χ1n) is 10.7. The van der Waals surface area contributed by atoms with Crippen molar-refractivity contribution in [3.63, 3.8) is 0 Å². The molecule has 0 bridgehead atoms. The Labute approximate surface area is 174 Å². The van der Waals surface area contributed by atoms with Crippen molar-refractivity contribution in [3.05, 3.63) is 42.0 Å². The number of piperazine rings is 1. The van der Waals surface area contributed by atoms with Gasteiger partial charge in [-0.2, -0.15) is 4.98 Å². The topological polar surface area (TPSA) is 43.9 Å². The number of para-hydroxylation sites is 1. The molecule has 0 atom stereocenters. The number of ether oxygens (including phenoxy) is 1. The molecule has 0 radical (unpaired) electrons. The summed E-state index contributed by atoms with van der Waals surface area (Å²) in [5, 5.41) is 3.57. The Balaban J connectivity index is 1.50. The number of nitrogens with one attached hydrogen (secondary N) is 1. The molecule has 2 fully saturated rings. The van der Waals surface area contributed by atoms with Gasteiger partial charge < -0.3 is 19.9 Å². The fourth-order valence-corrected chi connectivity index (χ4v) is 4.43. The van der Waals surface area contributed by atoms with Crippen LogP contribution in [0.4, 0.5) is 17.2 Å². The van der Waals surface area contributed by atoms with Gasteiger partial charge in [-0.1, -0.05) is 18.2 Å². The number of hydrogen-bond donors (Lipinski definition) is 1. The molecule has 0 saturated carbocycles. The molecule has 0 spiro atoms. The summed E-state index contributed by atoms with van der Waals surface area (Å²) in [4.78, 5) is 12.4. The van der Waals surface area contributed by atoms with Crippen LogP contribution in [0.1, 0.15) is 18.4 Å². The number of hydrogen-bond acceptors (Lipinski definition) is 6. The summed E-state index contributed by atoms with van der Waals surface area (Å²) < 4.78 is 5.53. The number of piperidine rings is 1. The van der Waals surface area contributed by atoms with Crippen molar-refractivity contribution < 1.29 is 4.74 Å². The Morgan fingerprint density at radius 2 is 1.69 bits per heavy atom. The number of rotatable bonds is 5. The maximum atomic E-state index is 5.53. The quantitative estimate of drug-likeness (QED) is 0.838. The first kappa shape index (κ1) is 20.0. The van der Waals surface area contributed by atoms with E-state index in [4.69, 9.17) is 9.72 Å². The van der Waals surface area contributed by atoms with Gasteiger partial charge in [-0.3, -0.25) is 4.90 Å². The van der Waals surface area contributed by atoms with Crippen LogP contribution in [0.25, 0.3) is 0 Å². The predicted molar refractivity (Wildman–Crippen MR) is 120 cm³/mol. The normalized spacial score (nSPS) is 19.3. The zero-order valence-corrected chi connectivity index (χ0v) is 17.9. The molecule has 0 unspecified atom stereocenters. The highest BCUT2D eigenvalue weighted by molar-refractivity contribution is 5.74. The number of pyridine rings is 1. The maximum absolute atomic E-state index is 5.53. The Morgan fingerprint density at radius 1 is 1.00 bits per heavy atom. The molecular formula is C23H33N5O. The molecular weight excluding hydrogens is 362 g/mol. The van der Waals surface area contributed by atoms with E-state index < -0.39 is 0 Å². The zero-order valence-electron chi connectivity index (χ0n) is 17.9. The van der Waals surface area contributed by atoms with Crippen molar-refractivity contribution in [3.8, 4) is 5.88 Å². The monoisotopic (exact) mass is 395 g/mol. The van der Waals surface area contributed by atoms with E-state index in [9.17, 15) is 0 Å². The molecule has 0 amide bonds. The van der Waals surface area contributed by atoms with E-state index in [1.54, 1.807) is 7.11 Å². The summed E-state index contributed by atoms with van der Waals surface area (Å²) in [6, 6.07) is 13.2. The van der Waals surface area contributed by atoms with Crippen molar-refractivity contribution in [1.82, 2.24) is 14.8 Å². The predicted octanol–water partition coefficient (Wildman–Crippen LogP) is 3.36. The molecule has 0 aliphatic carbocycles. The first-order chi connectivity index (χ1) is 14.1. The van der Waals surface area contributed by atoms with Crippen LogP contribution in [0.2, 0.25) is 0 Å². The number of benzene rings is 1. The maximum Gasteiger partial charge on any atom is 0.218 e. The molecule has 1 N–H and O–H groups in total. The summed E-state index contributed by atoms with van der Waals surface area (Å²) in [5.41, 5.74) is 3.17. The number of anilines is 3. The van der Waals surface area contributed by atoms with Crippen LogP contribution < -0.4 is 15.0 Å². The van der Waals surface area contributed by atoms with Crippen molar-refractivity contribution >= 4 is 17.2 Å². The van der Waals surface area contributed by atoms with Crippen molar-refractivity contribution in [2.45, 2.75) is 25.8 Å². The van der Waals surface area contributed by atoms with Crippen LogP contribution in [-0.2, 0) is 0 Å². The molecule has 2 saturated heterocycles. The highest BCUT2D eigenvalue weighted by atomic mass is 16.5. The van der Waals surface area contributed by atoms with Gasteiger partial charge in [0.2, 0.25) is 5.88 Å². The number of nitrogens with zero attached hydrogens (tertiary/aromatic N) is 4. The largest absolute Gasteiger partial charge is 0.481 e. The highest BCUT2D eigenvalue weighted by Gasteiger charge is 2.28. The lowest BCUT2D eigenvalue weighted by molar-refractivity contribution is 0.0981. The molecule has 29 heavy (non-hydrogen) atoms. The molecule has 3 heterocycles. The molecule has 1 aromatic carbocycles. The summed E-state index contributed by atoms with van der Waals surface area (Å²) in [7, 11) is 3.92. The van der Waals surface area contributed by atoms with Gasteiger partial charge in [-0.15, -0.1) is 0 Å². The third kappa shape index (κ3) is 4.65. The number of likely N-dealkylation sites (N-methyl/N-ethyl adjacent to an activating group) is 1. The summed E-state index contributed by atoms with van der Waals surface area (Å²) in [5.74, 6) is 1.70. The average molecular weight is 396 g/mol. The van der Waals surface area contributed by atoms with Crippen LogP contribution in [0.15, 0.2) is 36.4 Å². The van der Waals surface area contributed by atoms with Gasteiger partial charge in [0.15, 0.2) is 5.82 Å².